The van der Waals surface area contributed by atoms with Crippen molar-refractivity contribution in [2.24, 2.45) is 5.92 Å². The van der Waals surface area contributed by atoms with Crippen molar-refractivity contribution in [3.8, 4) is 5.69 Å². The molecular formula is C19H29N5. The summed E-state index contributed by atoms with van der Waals surface area (Å²) in [5, 5.41) is 16.7. The quantitative estimate of drug-likeness (QED) is 0.930. The highest BCUT2D eigenvalue weighted by atomic mass is 15.6. The Labute approximate surface area is 144 Å². The molecule has 2 aromatic rings. The molecule has 5 nitrogen and oxygen atoms in total. The third kappa shape index (κ3) is 3.09. The highest BCUT2D eigenvalue weighted by molar-refractivity contribution is 5.44. The van der Waals surface area contributed by atoms with E-state index in [0.717, 1.165) is 30.3 Å². The van der Waals surface area contributed by atoms with Crippen LogP contribution >= 0.6 is 0 Å². The molecule has 0 bridgehead atoms. The van der Waals surface area contributed by atoms with Gasteiger partial charge in [0.05, 0.1) is 11.2 Å². The Morgan fingerprint density at radius 3 is 2.58 bits per heavy atom. The van der Waals surface area contributed by atoms with Crippen LogP contribution in [0.25, 0.3) is 5.69 Å². The minimum Gasteiger partial charge on any atom is -0.302 e. The maximum atomic E-state index is 4.48. The highest BCUT2D eigenvalue weighted by Gasteiger charge is 2.41. The zero-order chi connectivity index (χ0) is 17.3. The highest BCUT2D eigenvalue weighted by Crippen LogP contribution is 2.39. The molecule has 1 aromatic heterocycles. The van der Waals surface area contributed by atoms with Gasteiger partial charge < -0.3 is 5.32 Å². The number of benzene rings is 1. The first-order valence-corrected chi connectivity index (χ1v) is 9.06. The molecule has 0 amide bonds. The molecule has 1 aliphatic rings. The van der Waals surface area contributed by atoms with E-state index in [9.17, 15) is 0 Å². The molecule has 1 aromatic carbocycles. The number of rotatable bonds is 4. The summed E-state index contributed by atoms with van der Waals surface area (Å²) in [6.45, 7) is 11.0. The molecule has 3 rings (SSSR count). The number of tetrazole rings is 1. The third-order valence-electron chi connectivity index (χ3n) is 5.39. The molecule has 0 aliphatic heterocycles. The largest absolute Gasteiger partial charge is 0.302 e. The Hall–Kier alpha value is -1.75. The van der Waals surface area contributed by atoms with Gasteiger partial charge in [-0.05, 0) is 86.9 Å². The van der Waals surface area contributed by atoms with Gasteiger partial charge in [0.25, 0.3) is 0 Å². The molecule has 1 aliphatic carbocycles. The Bertz CT molecular complexity index is 696. The van der Waals surface area contributed by atoms with Gasteiger partial charge in [-0.2, -0.15) is 4.68 Å². The summed E-state index contributed by atoms with van der Waals surface area (Å²) in [5.41, 5.74) is 3.44. The van der Waals surface area contributed by atoms with Crippen LogP contribution in [0.5, 0.6) is 0 Å². The van der Waals surface area contributed by atoms with Crippen LogP contribution in [0, 0.1) is 19.8 Å². The van der Waals surface area contributed by atoms with Crippen molar-refractivity contribution in [3.63, 3.8) is 0 Å². The van der Waals surface area contributed by atoms with Crippen LogP contribution < -0.4 is 5.32 Å². The summed E-state index contributed by atoms with van der Waals surface area (Å²) >= 11 is 0. The maximum absolute atomic E-state index is 4.48. The molecule has 24 heavy (non-hydrogen) atoms. The molecular weight excluding hydrogens is 298 g/mol. The average Bonchev–Trinajstić information content (AvgIpc) is 3.02. The van der Waals surface area contributed by atoms with Crippen LogP contribution in [0.1, 0.15) is 63.4 Å². The van der Waals surface area contributed by atoms with Gasteiger partial charge in [0, 0.05) is 6.04 Å². The number of aromatic nitrogens is 4. The van der Waals surface area contributed by atoms with Gasteiger partial charge in [-0.15, -0.1) is 5.10 Å². The summed E-state index contributed by atoms with van der Waals surface area (Å²) in [4.78, 5) is 0. The number of aryl methyl sites for hydroxylation is 1. The van der Waals surface area contributed by atoms with Gasteiger partial charge in [-0.3, -0.25) is 0 Å². The van der Waals surface area contributed by atoms with Gasteiger partial charge >= 0.3 is 0 Å². The molecule has 130 valence electrons. The van der Waals surface area contributed by atoms with E-state index in [1.54, 1.807) is 0 Å². The minimum atomic E-state index is -0.139. The van der Waals surface area contributed by atoms with Gasteiger partial charge in [-0.1, -0.05) is 19.1 Å². The van der Waals surface area contributed by atoms with Crippen molar-refractivity contribution >= 4 is 0 Å². The SMILES string of the molecule is Cc1cccc(-n2nnnc2C2(NC(C)C)CCC(C)CC2)c1C. The Balaban J connectivity index is 2.07. The van der Waals surface area contributed by atoms with Crippen molar-refractivity contribution < 1.29 is 0 Å². The fourth-order valence-corrected chi connectivity index (χ4v) is 3.85. The standard InChI is InChI=1S/C19H29N5/c1-13(2)20-19(11-9-14(3)10-12-19)18-21-22-23-24(18)17-8-6-7-15(4)16(17)5/h6-8,13-14,20H,9-12H2,1-5H3. The van der Waals surface area contributed by atoms with E-state index in [1.807, 2.05) is 4.68 Å². The van der Waals surface area contributed by atoms with Gasteiger partial charge in [0.1, 0.15) is 0 Å². The first kappa shape index (κ1) is 17.1. The van der Waals surface area contributed by atoms with Crippen molar-refractivity contribution in [2.75, 3.05) is 0 Å². The molecule has 1 heterocycles. The van der Waals surface area contributed by atoms with Crippen molar-refractivity contribution in [1.82, 2.24) is 25.5 Å². The molecule has 0 radical (unpaired) electrons. The minimum absolute atomic E-state index is 0.139. The number of nitrogens with zero attached hydrogens (tertiary/aromatic N) is 4. The Morgan fingerprint density at radius 2 is 1.92 bits per heavy atom. The number of hydrogen-bond donors (Lipinski definition) is 1. The number of nitrogens with one attached hydrogen (secondary N) is 1. The summed E-state index contributed by atoms with van der Waals surface area (Å²) in [5.74, 6) is 1.73. The van der Waals surface area contributed by atoms with Gasteiger partial charge in [-0.25, -0.2) is 0 Å². The van der Waals surface area contributed by atoms with Crippen LogP contribution in [-0.4, -0.2) is 26.2 Å². The first-order valence-electron chi connectivity index (χ1n) is 9.06. The summed E-state index contributed by atoms with van der Waals surface area (Å²) in [6.07, 6.45) is 4.58. The smallest absolute Gasteiger partial charge is 0.176 e. The van der Waals surface area contributed by atoms with E-state index in [1.165, 1.54) is 24.0 Å². The van der Waals surface area contributed by atoms with Crippen LogP contribution in [0.4, 0.5) is 0 Å². The number of hydrogen-bond acceptors (Lipinski definition) is 4. The Morgan fingerprint density at radius 1 is 1.21 bits per heavy atom. The second-order valence-electron chi connectivity index (χ2n) is 7.70. The third-order valence-corrected chi connectivity index (χ3v) is 5.39. The fourth-order valence-electron chi connectivity index (χ4n) is 3.85. The van der Waals surface area contributed by atoms with Crippen LogP contribution in [0.3, 0.4) is 0 Å². The average molecular weight is 327 g/mol. The summed E-state index contributed by atoms with van der Waals surface area (Å²) < 4.78 is 1.95. The van der Waals surface area contributed by atoms with E-state index >= 15 is 0 Å². The zero-order valence-electron chi connectivity index (χ0n) is 15.5. The summed E-state index contributed by atoms with van der Waals surface area (Å²) in [7, 11) is 0. The molecule has 5 heteroatoms. The first-order chi connectivity index (χ1) is 11.4. The molecule has 1 fully saturated rings. The van der Waals surface area contributed by atoms with E-state index < -0.39 is 0 Å². The predicted molar refractivity (Wildman–Crippen MR) is 96.2 cm³/mol. The molecule has 0 unspecified atom stereocenters. The van der Waals surface area contributed by atoms with Crippen molar-refractivity contribution in [3.05, 3.63) is 35.2 Å². The van der Waals surface area contributed by atoms with Crippen LogP contribution in [-0.2, 0) is 5.54 Å². The monoisotopic (exact) mass is 327 g/mol. The second-order valence-corrected chi connectivity index (χ2v) is 7.70. The molecule has 0 spiro atoms. The van der Waals surface area contributed by atoms with Gasteiger partial charge in [0.2, 0.25) is 0 Å². The molecule has 1 N–H and O–H groups in total. The predicted octanol–water partition coefficient (Wildman–Crippen LogP) is 3.68. The van der Waals surface area contributed by atoms with E-state index in [4.69, 9.17) is 0 Å². The van der Waals surface area contributed by atoms with Crippen molar-refractivity contribution in [2.45, 2.75) is 71.9 Å². The lowest BCUT2D eigenvalue weighted by molar-refractivity contribution is 0.170. The van der Waals surface area contributed by atoms with Gasteiger partial charge in [0.15, 0.2) is 5.82 Å². The Kier molecular flexibility index (Phi) is 4.72. The van der Waals surface area contributed by atoms with E-state index in [0.29, 0.717) is 6.04 Å². The zero-order valence-corrected chi connectivity index (χ0v) is 15.5. The maximum Gasteiger partial charge on any atom is 0.176 e. The van der Waals surface area contributed by atoms with E-state index in [2.05, 4.69) is 73.7 Å². The van der Waals surface area contributed by atoms with Crippen molar-refractivity contribution in [1.29, 1.82) is 0 Å². The van der Waals surface area contributed by atoms with Crippen LogP contribution in [0.15, 0.2) is 18.2 Å². The fraction of sp³-hybridized carbons (Fsp3) is 0.632. The lowest BCUT2D eigenvalue weighted by Gasteiger charge is -2.40. The second kappa shape index (κ2) is 6.63. The molecule has 0 saturated heterocycles. The lowest BCUT2D eigenvalue weighted by atomic mass is 9.76. The normalized spacial score (nSPS) is 24.5. The molecule has 0 atom stereocenters. The summed E-state index contributed by atoms with van der Waals surface area (Å²) in [6, 6.07) is 6.71. The molecule has 1 saturated carbocycles. The lowest BCUT2D eigenvalue weighted by Crippen LogP contribution is -2.50. The van der Waals surface area contributed by atoms with Crippen LogP contribution in [0.2, 0.25) is 0 Å². The topological polar surface area (TPSA) is 55.6 Å². The van der Waals surface area contributed by atoms with E-state index in [-0.39, 0.29) is 5.54 Å².